The van der Waals surface area contributed by atoms with Crippen LogP contribution in [0, 0.1) is 0 Å². The van der Waals surface area contributed by atoms with Gasteiger partial charge in [-0.25, -0.2) is 4.98 Å². The number of carbonyl (C=O) groups is 1. The molecule has 4 rings (SSSR count). The number of nitrogens with one attached hydrogen (secondary N) is 1. The van der Waals surface area contributed by atoms with Crippen molar-refractivity contribution in [2.75, 3.05) is 42.9 Å². The van der Waals surface area contributed by atoms with Crippen molar-refractivity contribution in [3.05, 3.63) is 35.1 Å². The summed E-state index contributed by atoms with van der Waals surface area (Å²) in [5.74, 6) is 0.0425. The van der Waals surface area contributed by atoms with Crippen molar-refractivity contribution in [2.24, 2.45) is 0 Å². The van der Waals surface area contributed by atoms with E-state index in [0.717, 1.165) is 49.8 Å². The number of pyridine rings is 1. The molecule has 0 unspecified atom stereocenters. The predicted molar refractivity (Wildman–Crippen MR) is 100 cm³/mol. The Bertz CT molecular complexity index is 701. The van der Waals surface area contributed by atoms with Crippen LogP contribution in [0.1, 0.15) is 23.4 Å². The lowest BCUT2D eigenvalue weighted by Crippen LogP contribution is -2.48. The highest BCUT2D eigenvalue weighted by Crippen LogP contribution is 2.29. The SMILES string of the molecule is O=C(CN1CCN(c2cccnc2)CC1)Nc1nc2c(s1)CCCC2. The molecule has 0 saturated carbocycles. The molecular weight excluding hydrogens is 334 g/mol. The zero-order valence-electron chi connectivity index (χ0n) is 14.3. The second kappa shape index (κ2) is 7.49. The van der Waals surface area contributed by atoms with Crippen LogP contribution in [0.5, 0.6) is 0 Å². The van der Waals surface area contributed by atoms with Gasteiger partial charge in [-0.2, -0.15) is 0 Å². The highest BCUT2D eigenvalue weighted by Gasteiger charge is 2.21. The number of fused-ring (bicyclic) bond motifs is 1. The van der Waals surface area contributed by atoms with E-state index in [4.69, 9.17) is 0 Å². The number of carbonyl (C=O) groups excluding carboxylic acids is 1. The summed E-state index contributed by atoms with van der Waals surface area (Å²) in [5, 5.41) is 3.76. The Labute approximate surface area is 151 Å². The van der Waals surface area contributed by atoms with Gasteiger partial charge in [0.05, 0.1) is 24.1 Å². The first-order chi connectivity index (χ1) is 12.3. The fourth-order valence-corrected chi connectivity index (χ4v) is 4.54. The maximum atomic E-state index is 12.3. The van der Waals surface area contributed by atoms with Gasteiger partial charge in [-0.15, -0.1) is 11.3 Å². The van der Waals surface area contributed by atoms with Crippen LogP contribution in [0.25, 0.3) is 0 Å². The van der Waals surface area contributed by atoms with Gasteiger partial charge in [-0.05, 0) is 37.8 Å². The van der Waals surface area contributed by atoms with Gasteiger partial charge in [0.15, 0.2) is 5.13 Å². The predicted octanol–water partition coefficient (Wildman–Crippen LogP) is 2.18. The number of piperazine rings is 1. The highest BCUT2D eigenvalue weighted by atomic mass is 32.1. The summed E-state index contributed by atoms with van der Waals surface area (Å²) in [4.78, 5) is 27.0. The summed E-state index contributed by atoms with van der Waals surface area (Å²) in [6.07, 6.45) is 8.31. The Morgan fingerprint density at radius 1 is 1.20 bits per heavy atom. The number of anilines is 2. The van der Waals surface area contributed by atoms with E-state index in [1.54, 1.807) is 17.5 Å². The topological polar surface area (TPSA) is 61.4 Å². The molecule has 1 saturated heterocycles. The molecule has 0 atom stereocenters. The quantitative estimate of drug-likeness (QED) is 0.909. The van der Waals surface area contributed by atoms with Crippen molar-refractivity contribution < 1.29 is 4.79 Å². The van der Waals surface area contributed by atoms with Gasteiger partial charge in [-0.3, -0.25) is 14.7 Å². The fourth-order valence-electron chi connectivity index (χ4n) is 3.47. The average molecular weight is 357 g/mol. The average Bonchev–Trinajstić information content (AvgIpc) is 3.05. The number of hydrogen-bond acceptors (Lipinski definition) is 6. The molecule has 25 heavy (non-hydrogen) atoms. The summed E-state index contributed by atoms with van der Waals surface area (Å²) in [5.41, 5.74) is 2.34. The minimum atomic E-state index is 0.0425. The normalized spacial score (nSPS) is 18.0. The van der Waals surface area contributed by atoms with Gasteiger partial charge >= 0.3 is 0 Å². The van der Waals surface area contributed by atoms with Crippen molar-refractivity contribution in [3.63, 3.8) is 0 Å². The van der Waals surface area contributed by atoms with Crippen LogP contribution >= 0.6 is 11.3 Å². The minimum absolute atomic E-state index is 0.0425. The molecule has 132 valence electrons. The molecule has 0 spiro atoms. The maximum Gasteiger partial charge on any atom is 0.240 e. The van der Waals surface area contributed by atoms with E-state index in [2.05, 4.69) is 31.2 Å². The summed E-state index contributed by atoms with van der Waals surface area (Å²) in [6.45, 7) is 4.05. The van der Waals surface area contributed by atoms with Gasteiger partial charge in [0.2, 0.25) is 5.91 Å². The van der Waals surface area contributed by atoms with E-state index in [1.165, 1.54) is 23.4 Å². The molecule has 1 amide bonds. The van der Waals surface area contributed by atoms with E-state index in [-0.39, 0.29) is 5.91 Å². The van der Waals surface area contributed by atoms with Crippen LogP contribution < -0.4 is 10.2 Å². The number of rotatable bonds is 4. The molecule has 1 aliphatic carbocycles. The standard InChI is InChI=1S/C18H23N5OS/c24-17(21-18-20-15-5-1-2-6-16(15)25-18)13-22-8-10-23(11-9-22)14-4-3-7-19-12-14/h3-4,7,12H,1-2,5-6,8-11,13H2,(H,20,21,24). The lowest BCUT2D eigenvalue weighted by atomic mass is 10.0. The molecule has 0 radical (unpaired) electrons. The number of nitrogens with zero attached hydrogens (tertiary/aromatic N) is 4. The summed E-state index contributed by atoms with van der Waals surface area (Å²) in [6, 6.07) is 4.04. The van der Waals surface area contributed by atoms with Crippen LogP contribution in [0.4, 0.5) is 10.8 Å². The van der Waals surface area contributed by atoms with Gasteiger partial charge in [0.1, 0.15) is 0 Å². The summed E-state index contributed by atoms with van der Waals surface area (Å²) < 4.78 is 0. The molecule has 0 aromatic carbocycles. The number of aromatic nitrogens is 2. The molecule has 6 nitrogen and oxygen atoms in total. The highest BCUT2D eigenvalue weighted by molar-refractivity contribution is 7.15. The number of thiazole rings is 1. The third-order valence-electron chi connectivity index (χ3n) is 4.84. The first-order valence-electron chi connectivity index (χ1n) is 8.94. The Morgan fingerprint density at radius 2 is 2.04 bits per heavy atom. The van der Waals surface area contributed by atoms with E-state index in [0.29, 0.717) is 6.54 Å². The van der Waals surface area contributed by atoms with Crippen molar-refractivity contribution in [1.82, 2.24) is 14.9 Å². The van der Waals surface area contributed by atoms with Crippen LogP contribution in [0.15, 0.2) is 24.5 Å². The summed E-state index contributed by atoms with van der Waals surface area (Å²) in [7, 11) is 0. The maximum absolute atomic E-state index is 12.3. The molecule has 2 aliphatic rings. The Morgan fingerprint density at radius 3 is 2.80 bits per heavy atom. The minimum Gasteiger partial charge on any atom is -0.368 e. The second-order valence-corrected chi connectivity index (χ2v) is 7.70. The third kappa shape index (κ3) is 3.99. The molecule has 2 aromatic rings. The lowest BCUT2D eigenvalue weighted by molar-refractivity contribution is -0.117. The second-order valence-electron chi connectivity index (χ2n) is 6.62. The van der Waals surface area contributed by atoms with Gasteiger partial charge in [0, 0.05) is 37.3 Å². The zero-order chi connectivity index (χ0) is 17.1. The Balaban J connectivity index is 1.27. The van der Waals surface area contributed by atoms with Crippen LogP contribution in [0.2, 0.25) is 0 Å². The van der Waals surface area contributed by atoms with Crippen LogP contribution in [0.3, 0.4) is 0 Å². The van der Waals surface area contributed by atoms with Gasteiger partial charge in [-0.1, -0.05) is 0 Å². The van der Waals surface area contributed by atoms with E-state index < -0.39 is 0 Å². The molecular formula is C18H23N5OS. The summed E-state index contributed by atoms with van der Waals surface area (Å²) >= 11 is 1.65. The van der Waals surface area contributed by atoms with Crippen LogP contribution in [-0.2, 0) is 17.6 Å². The fraction of sp³-hybridized carbons (Fsp3) is 0.500. The molecule has 7 heteroatoms. The van der Waals surface area contributed by atoms with Gasteiger partial charge < -0.3 is 10.2 Å². The first kappa shape index (κ1) is 16.5. The Kier molecular flexibility index (Phi) is 4.94. The lowest BCUT2D eigenvalue weighted by Gasteiger charge is -2.35. The Hall–Kier alpha value is -1.99. The number of aryl methyl sites for hydroxylation is 2. The van der Waals surface area contributed by atoms with Crippen molar-refractivity contribution in [2.45, 2.75) is 25.7 Å². The van der Waals surface area contributed by atoms with Crippen molar-refractivity contribution >= 4 is 28.1 Å². The molecule has 1 aliphatic heterocycles. The van der Waals surface area contributed by atoms with Crippen molar-refractivity contribution in [1.29, 1.82) is 0 Å². The van der Waals surface area contributed by atoms with E-state index in [9.17, 15) is 4.79 Å². The molecule has 1 fully saturated rings. The molecule has 1 N–H and O–H groups in total. The van der Waals surface area contributed by atoms with Crippen LogP contribution in [-0.4, -0.2) is 53.5 Å². The smallest absolute Gasteiger partial charge is 0.240 e. The van der Waals surface area contributed by atoms with Crippen molar-refractivity contribution in [3.8, 4) is 0 Å². The largest absolute Gasteiger partial charge is 0.368 e. The van der Waals surface area contributed by atoms with Gasteiger partial charge in [0.25, 0.3) is 0 Å². The number of amides is 1. The zero-order valence-corrected chi connectivity index (χ0v) is 15.1. The van der Waals surface area contributed by atoms with E-state index in [1.807, 2.05) is 12.3 Å². The molecule has 0 bridgehead atoms. The first-order valence-corrected chi connectivity index (χ1v) is 9.75. The number of hydrogen-bond donors (Lipinski definition) is 1. The third-order valence-corrected chi connectivity index (χ3v) is 5.92. The monoisotopic (exact) mass is 357 g/mol. The van der Waals surface area contributed by atoms with E-state index >= 15 is 0 Å². The molecule has 3 heterocycles. The molecule has 2 aromatic heterocycles.